The summed E-state index contributed by atoms with van der Waals surface area (Å²) in [4.78, 5) is 2.25. The highest BCUT2D eigenvalue weighted by Gasteiger charge is 2.20. The van der Waals surface area contributed by atoms with Crippen LogP contribution in [-0.2, 0) is 6.54 Å². The molecule has 0 atom stereocenters. The molecule has 1 saturated heterocycles. The molecule has 1 aliphatic heterocycles. The molecule has 2 rings (SSSR count). The monoisotopic (exact) mass is 216 g/mol. The molecule has 0 saturated carbocycles. The van der Waals surface area contributed by atoms with E-state index >= 15 is 0 Å². The lowest BCUT2D eigenvalue weighted by atomic mass is 10.4. The Bertz CT molecular complexity index is 433. The van der Waals surface area contributed by atoms with Crippen LogP contribution in [0.15, 0.2) is 18.7 Å². The Morgan fingerprint density at radius 3 is 2.75 bits per heavy atom. The van der Waals surface area contributed by atoms with Crippen LogP contribution in [0.2, 0.25) is 0 Å². The van der Waals surface area contributed by atoms with Crippen molar-refractivity contribution >= 4 is 11.5 Å². The molecule has 2 heterocycles. The lowest BCUT2D eigenvalue weighted by Gasteiger charge is -2.20. The largest absolute Gasteiger partial charge is 0.396 e. The lowest BCUT2D eigenvalue weighted by Crippen LogP contribution is -2.22. The van der Waals surface area contributed by atoms with E-state index in [4.69, 9.17) is 11.0 Å². The molecule has 0 aliphatic carbocycles. The highest BCUT2D eigenvalue weighted by Crippen LogP contribution is 2.30. The van der Waals surface area contributed by atoms with Crippen molar-refractivity contribution in [1.82, 2.24) is 4.57 Å². The van der Waals surface area contributed by atoms with E-state index in [9.17, 15) is 0 Å². The van der Waals surface area contributed by atoms with E-state index in [-0.39, 0.29) is 0 Å². The molecular weight excluding hydrogens is 200 g/mol. The molecule has 2 N–H and O–H groups in total. The maximum absolute atomic E-state index is 9.05. The van der Waals surface area contributed by atoms with Crippen LogP contribution in [0.5, 0.6) is 0 Å². The van der Waals surface area contributed by atoms with Crippen LogP contribution >= 0.6 is 0 Å². The molecule has 4 nitrogen and oxygen atoms in total. The fourth-order valence-electron chi connectivity index (χ4n) is 2.25. The number of nitriles is 1. The topological polar surface area (TPSA) is 58.0 Å². The van der Waals surface area contributed by atoms with E-state index in [1.165, 1.54) is 12.8 Å². The van der Waals surface area contributed by atoms with Gasteiger partial charge in [0.05, 0.1) is 5.69 Å². The van der Waals surface area contributed by atoms with Crippen LogP contribution in [-0.4, -0.2) is 17.7 Å². The third-order valence-electron chi connectivity index (χ3n) is 2.93. The van der Waals surface area contributed by atoms with E-state index in [1.54, 1.807) is 12.1 Å². The van der Waals surface area contributed by atoms with Crippen molar-refractivity contribution in [3.05, 3.63) is 24.4 Å². The number of nitrogen functional groups attached to an aromatic ring is 1. The van der Waals surface area contributed by atoms with Gasteiger partial charge in [-0.25, -0.2) is 0 Å². The smallest absolute Gasteiger partial charge is 0.133 e. The molecule has 1 aliphatic rings. The number of aromatic nitrogens is 1. The molecule has 0 bridgehead atoms. The Kier molecular flexibility index (Phi) is 2.86. The summed E-state index contributed by atoms with van der Waals surface area (Å²) in [5.74, 6) is 0.981. The Hall–Kier alpha value is -1.89. The minimum atomic E-state index is 0.610. The van der Waals surface area contributed by atoms with Crippen molar-refractivity contribution in [2.24, 2.45) is 0 Å². The van der Waals surface area contributed by atoms with Crippen molar-refractivity contribution in [3.8, 4) is 6.07 Å². The second-order valence-corrected chi connectivity index (χ2v) is 4.01. The summed E-state index contributed by atoms with van der Waals surface area (Å²) < 4.78 is 1.94. The average Bonchev–Trinajstić information content (AvgIpc) is 2.86. The van der Waals surface area contributed by atoms with Gasteiger partial charge in [-0.05, 0) is 18.9 Å². The van der Waals surface area contributed by atoms with Gasteiger partial charge in [0.25, 0.3) is 0 Å². The molecule has 16 heavy (non-hydrogen) atoms. The van der Waals surface area contributed by atoms with Crippen LogP contribution in [0.3, 0.4) is 0 Å². The summed E-state index contributed by atoms with van der Waals surface area (Å²) in [6, 6.07) is 3.92. The van der Waals surface area contributed by atoms with Gasteiger partial charge in [0.15, 0.2) is 0 Å². The van der Waals surface area contributed by atoms with Crippen molar-refractivity contribution in [2.75, 3.05) is 23.7 Å². The normalized spacial score (nSPS) is 15.1. The predicted octanol–water partition coefficient (Wildman–Crippen LogP) is 1.73. The van der Waals surface area contributed by atoms with Crippen LogP contribution in [0.4, 0.5) is 11.5 Å². The van der Waals surface area contributed by atoms with Gasteiger partial charge in [0, 0.05) is 19.6 Å². The summed E-state index contributed by atoms with van der Waals surface area (Å²) in [5.41, 5.74) is 7.29. The van der Waals surface area contributed by atoms with Crippen LogP contribution in [0, 0.1) is 11.3 Å². The molecule has 0 spiro atoms. The highest BCUT2D eigenvalue weighted by atomic mass is 15.3. The molecule has 1 fully saturated rings. The minimum Gasteiger partial charge on any atom is -0.396 e. The summed E-state index contributed by atoms with van der Waals surface area (Å²) in [5, 5.41) is 9.05. The summed E-state index contributed by atoms with van der Waals surface area (Å²) in [6.07, 6.45) is 4.18. The van der Waals surface area contributed by atoms with Crippen molar-refractivity contribution in [3.63, 3.8) is 0 Å². The van der Waals surface area contributed by atoms with E-state index in [2.05, 4.69) is 17.5 Å². The summed E-state index contributed by atoms with van der Waals surface area (Å²) >= 11 is 0. The fourth-order valence-corrected chi connectivity index (χ4v) is 2.25. The first kappa shape index (κ1) is 10.6. The van der Waals surface area contributed by atoms with Gasteiger partial charge >= 0.3 is 0 Å². The first-order valence-corrected chi connectivity index (χ1v) is 5.53. The fraction of sp³-hybridized carbons (Fsp3) is 0.417. The lowest BCUT2D eigenvalue weighted by molar-refractivity contribution is 0.778. The molecule has 4 heteroatoms. The SMILES string of the molecule is C=CCn1c(C#N)cc(N)c1N1CCCC1. The standard InChI is InChI=1S/C12H16N4/c1-2-5-16-10(9-13)8-11(14)12(16)15-6-3-4-7-15/h2,8H,1,3-7,14H2. The molecule has 0 unspecified atom stereocenters. The van der Waals surface area contributed by atoms with Gasteiger partial charge in [0.2, 0.25) is 0 Å². The third kappa shape index (κ3) is 1.65. The van der Waals surface area contributed by atoms with Gasteiger partial charge in [0.1, 0.15) is 17.6 Å². The Labute approximate surface area is 95.6 Å². The van der Waals surface area contributed by atoms with Gasteiger partial charge in [-0.2, -0.15) is 5.26 Å². The van der Waals surface area contributed by atoms with Crippen molar-refractivity contribution in [2.45, 2.75) is 19.4 Å². The predicted molar refractivity (Wildman–Crippen MR) is 65.2 cm³/mol. The van der Waals surface area contributed by atoms with Gasteiger partial charge in [-0.3, -0.25) is 0 Å². The van der Waals surface area contributed by atoms with Crippen molar-refractivity contribution in [1.29, 1.82) is 5.26 Å². The Morgan fingerprint density at radius 1 is 1.50 bits per heavy atom. The van der Waals surface area contributed by atoms with Gasteiger partial charge < -0.3 is 15.2 Å². The number of hydrogen-bond donors (Lipinski definition) is 1. The van der Waals surface area contributed by atoms with E-state index < -0.39 is 0 Å². The van der Waals surface area contributed by atoms with Crippen LogP contribution < -0.4 is 10.6 Å². The number of anilines is 2. The zero-order chi connectivity index (χ0) is 11.5. The molecular formula is C12H16N4. The minimum absolute atomic E-state index is 0.610. The van der Waals surface area contributed by atoms with Crippen LogP contribution in [0.1, 0.15) is 18.5 Å². The van der Waals surface area contributed by atoms with Crippen molar-refractivity contribution < 1.29 is 0 Å². The number of nitrogens with two attached hydrogens (primary N) is 1. The second-order valence-electron chi connectivity index (χ2n) is 4.01. The Balaban J connectivity index is 2.45. The molecule has 0 amide bonds. The quantitative estimate of drug-likeness (QED) is 0.783. The van der Waals surface area contributed by atoms with Gasteiger partial charge in [-0.1, -0.05) is 6.08 Å². The summed E-state index contributed by atoms with van der Waals surface area (Å²) in [6.45, 7) is 6.40. The number of hydrogen-bond acceptors (Lipinski definition) is 3. The Morgan fingerprint density at radius 2 is 2.19 bits per heavy atom. The third-order valence-corrected chi connectivity index (χ3v) is 2.93. The molecule has 0 aromatic carbocycles. The molecule has 84 valence electrons. The zero-order valence-corrected chi connectivity index (χ0v) is 9.32. The van der Waals surface area contributed by atoms with E-state index in [0.29, 0.717) is 17.9 Å². The average molecular weight is 216 g/mol. The first-order chi connectivity index (χ1) is 7.77. The van der Waals surface area contributed by atoms with E-state index in [1.807, 2.05) is 4.57 Å². The maximum atomic E-state index is 9.05. The van der Waals surface area contributed by atoms with Crippen LogP contribution in [0.25, 0.3) is 0 Å². The molecule has 0 radical (unpaired) electrons. The first-order valence-electron chi connectivity index (χ1n) is 5.53. The summed E-state index contributed by atoms with van der Waals surface area (Å²) in [7, 11) is 0. The molecule has 1 aromatic rings. The zero-order valence-electron chi connectivity index (χ0n) is 9.32. The second kappa shape index (κ2) is 4.31. The number of rotatable bonds is 3. The van der Waals surface area contributed by atoms with Gasteiger partial charge in [-0.15, -0.1) is 6.58 Å². The van der Waals surface area contributed by atoms with E-state index in [0.717, 1.165) is 18.9 Å². The number of nitrogens with zero attached hydrogens (tertiary/aromatic N) is 3. The number of allylic oxidation sites excluding steroid dienone is 1. The maximum Gasteiger partial charge on any atom is 0.133 e. The molecule has 1 aromatic heterocycles. The highest BCUT2D eigenvalue weighted by molar-refractivity contribution is 5.68.